The number of hydrogen-bond acceptors (Lipinski definition) is 4. The minimum atomic E-state index is -2.87. The minimum Gasteiger partial charge on any atom is -0.435 e. The molecule has 128 valence electrons. The summed E-state index contributed by atoms with van der Waals surface area (Å²) < 4.78 is 28.4. The van der Waals surface area contributed by atoms with Crippen LogP contribution >= 0.6 is 0 Å². The Morgan fingerprint density at radius 1 is 1.39 bits per heavy atom. The van der Waals surface area contributed by atoms with Crippen molar-refractivity contribution in [1.82, 2.24) is 4.90 Å². The van der Waals surface area contributed by atoms with Gasteiger partial charge in [-0.25, -0.2) is 0 Å². The van der Waals surface area contributed by atoms with Gasteiger partial charge < -0.3 is 15.2 Å². The molecule has 3 atom stereocenters. The summed E-state index contributed by atoms with van der Waals surface area (Å²) in [5.41, 5.74) is 0.509. The molecule has 1 aliphatic rings. The fraction of sp³-hybridized carbons (Fsp3) is 0.562. The van der Waals surface area contributed by atoms with Gasteiger partial charge in [-0.15, -0.1) is 0 Å². The van der Waals surface area contributed by atoms with E-state index < -0.39 is 12.7 Å². The number of carbonyl (C=O) groups is 1. The predicted molar refractivity (Wildman–Crippen MR) is 82.5 cm³/mol. The Balaban J connectivity index is 1.90. The molecule has 5 nitrogen and oxygen atoms in total. The Bertz CT molecular complexity index is 525. The molecule has 23 heavy (non-hydrogen) atoms. The van der Waals surface area contributed by atoms with Gasteiger partial charge in [-0.2, -0.15) is 8.78 Å². The molecule has 0 spiro atoms. The highest BCUT2D eigenvalue weighted by Gasteiger charge is 2.30. The lowest BCUT2D eigenvalue weighted by Crippen LogP contribution is -2.50. The van der Waals surface area contributed by atoms with Crippen LogP contribution in [0.2, 0.25) is 0 Å². The molecule has 3 unspecified atom stereocenters. The Kier molecular flexibility index (Phi) is 5.90. The number of likely N-dealkylation sites (tertiary alicyclic amines) is 1. The van der Waals surface area contributed by atoms with Crippen LogP contribution in [0, 0.1) is 5.92 Å². The number of rotatable bonds is 5. The number of alkyl halides is 2. The molecule has 1 aromatic carbocycles. The molecular formula is C16H22F2N2O3. The van der Waals surface area contributed by atoms with Crippen LogP contribution in [0.3, 0.4) is 0 Å². The number of ether oxygens (including phenoxy) is 1. The summed E-state index contributed by atoms with van der Waals surface area (Å²) in [5.74, 6) is 0.0809. The second kappa shape index (κ2) is 7.70. The van der Waals surface area contributed by atoms with Crippen molar-refractivity contribution in [3.8, 4) is 5.75 Å². The average molecular weight is 328 g/mol. The van der Waals surface area contributed by atoms with Crippen LogP contribution in [0.15, 0.2) is 24.3 Å². The molecule has 0 radical (unpaired) electrons. The Morgan fingerprint density at radius 2 is 2.04 bits per heavy atom. The van der Waals surface area contributed by atoms with Gasteiger partial charge in [0.15, 0.2) is 0 Å². The Morgan fingerprint density at radius 3 is 2.61 bits per heavy atom. The molecule has 0 aromatic heterocycles. The van der Waals surface area contributed by atoms with Crippen LogP contribution in [0.5, 0.6) is 5.75 Å². The van der Waals surface area contributed by atoms with E-state index in [0.717, 1.165) is 13.0 Å². The van der Waals surface area contributed by atoms with Gasteiger partial charge in [0.25, 0.3) is 0 Å². The maximum absolute atomic E-state index is 12.3. The molecule has 2 rings (SSSR count). The van der Waals surface area contributed by atoms with Gasteiger partial charge in [-0.1, -0.05) is 6.92 Å². The summed E-state index contributed by atoms with van der Waals surface area (Å²) in [6, 6.07) is 5.39. The summed E-state index contributed by atoms with van der Waals surface area (Å²) in [4.78, 5) is 14.2. The summed E-state index contributed by atoms with van der Waals surface area (Å²) in [7, 11) is 0. The lowest BCUT2D eigenvalue weighted by molar-refractivity contribution is -0.122. The molecule has 1 amide bonds. The lowest BCUT2D eigenvalue weighted by Gasteiger charge is -2.37. The maximum atomic E-state index is 12.3. The maximum Gasteiger partial charge on any atom is 0.387 e. The average Bonchev–Trinajstić information content (AvgIpc) is 2.50. The number of nitrogens with one attached hydrogen (secondary N) is 1. The van der Waals surface area contributed by atoms with E-state index in [0.29, 0.717) is 12.2 Å². The number of aliphatic hydroxyl groups excluding tert-OH is 1. The summed E-state index contributed by atoms with van der Waals surface area (Å²) in [5, 5.41) is 12.7. The van der Waals surface area contributed by atoms with Crippen molar-refractivity contribution < 1.29 is 23.4 Å². The van der Waals surface area contributed by atoms with E-state index in [4.69, 9.17) is 0 Å². The molecule has 7 heteroatoms. The van der Waals surface area contributed by atoms with Crippen LogP contribution in [-0.4, -0.2) is 47.8 Å². The number of amides is 1. The third kappa shape index (κ3) is 4.87. The van der Waals surface area contributed by atoms with Crippen LogP contribution in [0.1, 0.15) is 20.3 Å². The Hall–Kier alpha value is -1.73. The molecule has 1 saturated heterocycles. The van der Waals surface area contributed by atoms with Crippen LogP contribution in [0.25, 0.3) is 0 Å². The second-order valence-electron chi connectivity index (χ2n) is 5.90. The van der Waals surface area contributed by atoms with Gasteiger partial charge in [0, 0.05) is 12.2 Å². The van der Waals surface area contributed by atoms with E-state index >= 15 is 0 Å². The molecule has 2 N–H and O–H groups in total. The number of carbonyl (C=O) groups excluding carboxylic acids is 1. The highest BCUT2D eigenvalue weighted by molar-refractivity contribution is 5.94. The zero-order valence-electron chi connectivity index (χ0n) is 13.2. The highest BCUT2D eigenvalue weighted by atomic mass is 19.3. The monoisotopic (exact) mass is 328 g/mol. The first kappa shape index (κ1) is 17.6. The number of hydrogen-bond donors (Lipinski definition) is 2. The molecule has 1 fully saturated rings. The number of halogens is 2. The van der Waals surface area contributed by atoms with E-state index in [1.54, 1.807) is 6.92 Å². The summed E-state index contributed by atoms with van der Waals surface area (Å²) >= 11 is 0. The van der Waals surface area contributed by atoms with Crippen LogP contribution in [-0.2, 0) is 4.79 Å². The zero-order valence-corrected chi connectivity index (χ0v) is 13.2. The molecule has 0 aliphatic carbocycles. The molecule has 0 bridgehead atoms. The van der Waals surface area contributed by atoms with Gasteiger partial charge in [-0.3, -0.25) is 9.69 Å². The fourth-order valence-corrected chi connectivity index (χ4v) is 2.56. The minimum absolute atomic E-state index is 0.0409. The van der Waals surface area contributed by atoms with E-state index in [1.165, 1.54) is 24.3 Å². The van der Waals surface area contributed by atoms with Gasteiger partial charge in [0.2, 0.25) is 5.91 Å². The van der Waals surface area contributed by atoms with E-state index in [1.807, 2.05) is 11.8 Å². The van der Waals surface area contributed by atoms with Gasteiger partial charge in [0.05, 0.1) is 12.1 Å². The largest absolute Gasteiger partial charge is 0.435 e. The van der Waals surface area contributed by atoms with Crippen molar-refractivity contribution in [2.75, 3.05) is 18.4 Å². The summed E-state index contributed by atoms with van der Waals surface area (Å²) in [6.07, 6.45) is 0.420. The van der Waals surface area contributed by atoms with Crippen molar-refractivity contribution in [3.05, 3.63) is 24.3 Å². The third-order valence-electron chi connectivity index (χ3n) is 4.22. The Labute approximate surface area is 134 Å². The zero-order chi connectivity index (χ0) is 17.0. The van der Waals surface area contributed by atoms with E-state index in [2.05, 4.69) is 10.1 Å². The van der Waals surface area contributed by atoms with Crippen molar-refractivity contribution >= 4 is 11.6 Å². The first-order valence-electron chi connectivity index (χ1n) is 7.64. The third-order valence-corrected chi connectivity index (χ3v) is 4.22. The molecule has 1 aromatic rings. The van der Waals surface area contributed by atoms with E-state index in [9.17, 15) is 18.7 Å². The lowest BCUT2D eigenvalue weighted by atomic mass is 9.95. The van der Waals surface area contributed by atoms with E-state index in [-0.39, 0.29) is 23.6 Å². The predicted octanol–water partition coefficient (Wildman–Crippen LogP) is 2.32. The summed E-state index contributed by atoms with van der Waals surface area (Å²) in [6.45, 7) is 2.14. The second-order valence-corrected chi connectivity index (χ2v) is 5.90. The molecule has 0 saturated carbocycles. The number of β-amino-alcohol motifs (C(OH)–C–C–N with tert-alkyl or cyclic N) is 1. The number of benzene rings is 1. The van der Waals surface area contributed by atoms with Gasteiger partial charge in [0.1, 0.15) is 5.75 Å². The standard InChI is InChI=1S/C16H22F2N2O3/c1-10-7-8-20(9-14(10)21)11(2)15(22)19-12-3-5-13(6-4-12)23-16(17)18/h3-6,10-11,14,16,21H,7-9H2,1-2H3,(H,19,22). The molecule has 1 heterocycles. The number of nitrogens with zero attached hydrogens (tertiary/aromatic N) is 1. The van der Waals surface area contributed by atoms with Crippen molar-refractivity contribution in [2.45, 2.75) is 39.0 Å². The number of piperidine rings is 1. The normalized spacial score (nSPS) is 23.6. The number of aliphatic hydroxyl groups is 1. The van der Waals surface area contributed by atoms with Crippen molar-refractivity contribution in [3.63, 3.8) is 0 Å². The topological polar surface area (TPSA) is 61.8 Å². The van der Waals surface area contributed by atoms with Crippen molar-refractivity contribution in [2.24, 2.45) is 5.92 Å². The highest BCUT2D eigenvalue weighted by Crippen LogP contribution is 2.21. The van der Waals surface area contributed by atoms with Crippen LogP contribution in [0.4, 0.5) is 14.5 Å². The molecular weight excluding hydrogens is 306 g/mol. The fourth-order valence-electron chi connectivity index (χ4n) is 2.56. The quantitative estimate of drug-likeness (QED) is 0.871. The van der Waals surface area contributed by atoms with Gasteiger partial charge >= 0.3 is 6.61 Å². The van der Waals surface area contributed by atoms with Crippen LogP contribution < -0.4 is 10.1 Å². The first-order chi connectivity index (χ1) is 10.9. The SMILES string of the molecule is CC1CCN(C(C)C(=O)Nc2ccc(OC(F)F)cc2)CC1O. The number of anilines is 1. The smallest absolute Gasteiger partial charge is 0.387 e. The van der Waals surface area contributed by atoms with Gasteiger partial charge in [-0.05, 0) is 50.1 Å². The van der Waals surface area contributed by atoms with Crippen molar-refractivity contribution in [1.29, 1.82) is 0 Å². The molecule has 1 aliphatic heterocycles. The first-order valence-corrected chi connectivity index (χ1v) is 7.64.